The lowest BCUT2D eigenvalue weighted by Crippen LogP contribution is -2.49. The summed E-state index contributed by atoms with van der Waals surface area (Å²) in [7, 11) is 0. The van der Waals surface area contributed by atoms with E-state index in [4.69, 9.17) is 0 Å². The van der Waals surface area contributed by atoms with E-state index in [2.05, 4.69) is 35.5 Å². The van der Waals surface area contributed by atoms with Crippen LogP contribution in [0.25, 0.3) is 0 Å². The maximum absolute atomic E-state index is 2.72. The van der Waals surface area contributed by atoms with E-state index in [-0.39, 0.29) is 0 Å². The second-order valence-electron chi connectivity index (χ2n) is 6.88. The molecule has 0 bridgehead atoms. The summed E-state index contributed by atoms with van der Waals surface area (Å²) in [4.78, 5) is 8.04. The van der Waals surface area contributed by atoms with E-state index >= 15 is 0 Å². The van der Waals surface area contributed by atoms with Crippen molar-refractivity contribution in [3.63, 3.8) is 0 Å². The molecule has 0 spiro atoms. The number of likely N-dealkylation sites (tertiary alicyclic amines) is 1. The quantitative estimate of drug-likeness (QED) is 0.741. The Morgan fingerprint density at radius 3 is 2.05 bits per heavy atom. The standard InChI is InChI=1S/C17H35N3/c1-4-8-18-11-13-19(14-12-18)15-17-6-9-20(10-7-17)16(3)5-2/h16-17H,4-15H2,1-3H3. The van der Waals surface area contributed by atoms with E-state index in [1.807, 2.05) is 0 Å². The topological polar surface area (TPSA) is 9.72 Å². The number of hydrogen-bond donors (Lipinski definition) is 0. The summed E-state index contributed by atoms with van der Waals surface area (Å²) in [5.74, 6) is 0.952. The van der Waals surface area contributed by atoms with Crippen LogP contribution in [0.5, 0.6) is 0 Å². The van der Waals surface area contributed by atoms with Gasteiger partial charge in [-0.25, -0.2) is 0 Å². The minimum absolute atomic E-state index is 0.786. The molecule has 1 atom stereocenters. The average Bonchev–Trinajstić information content (AvgIpc) is 2.49. The van der Waals surface area contributed by atoms with Gasteiger partial charge < -0.3 is 14.7 Å². The Labute approximate surface area is 126 Å². The van der Waals surface area contributed by atoms with Gasteiger partial charge in [0.25, 0.3) is 0 Å². The van der Waals surface area contributed by atoms with Crippen LogP contribution >= 0.6 is 0 Å². The first-order valence-corrected chi connectivity index (χ1v) is 8.91. The number of rotatable bonds is 6. The molecule has 0 saturated carbocycles. The molecule has 3 nitrogen and oxygen atoms in total. The molecule has 1 unspecified atom stereocenters. The monoisotopic (exact) mass is 281 g/mol. The van der Waals surface area contributed by atoms with Gasteiger partial charge in [0.05, 0.1) is 0 Å². The molecule has 118 valence electrons. The maximum atomic E-state index is 2.72. The highest BCUT2D eigenvalue weighted by molar-refractivity contribution is 4.80. The first kappa shape index (κ1) is 16.3. The molecule has 0 N–H and O–H groups in total. The molecule has 0 amide bonds. The summed E-state index contributed by atoms with van der Waals surface area (Å²) in [5.41, 5.74) is 0. The lowest BCUT2D eigenvalue weighted by molar-refractivity contribution is 0.0843. The minimum Gasteiger partial charge on any atom is -0.301 e. The van der Waals surface area contributed by atoms with Crippen molar-refractivity contribution in [2.75, 3.05) is 52.4 Å². The first-order chi connectivity index (χ1) is 9.72. The van der Waals surface area contributed by atoms with Gasteiger partial charge in [0.15, 0.2) is 0 Å². The molecule has 0 aromatic rings. The zero-order chi connectivity index (χ0) is 14.4. The van der Waals surface area contributed by atoms with Gasteiger partial charge in [0.1, 0.15) is 0 Å². The summed E-state index contributed by atoms with van der Waals surface area (Å²) < 4.78 is 0. The normalized spacial score (nSPS) is 25.9. The fourth-order valence-corrected chi connectivity index (χ4v) is 3.71. The van der Waals surface area contributed by atoms with Crippen molar-refractivity contribution in [1.82, 2.24) is 14.7 Å². The van der Waals surface area contributed by atoms with E-state index < -0.39 is 0 Å². The largest absolute Gasteiger partial charge is 0.301 e. The van der Waals surface area contributed by atoms with Gasteiger partial charge in [-0.15, -0.1) is 0 Å². The zero-order valence-corrected chi connectivity index (χ0v) is 14.0. The van der Waals surface area contributed by atoms with E-state index in [1.165, 1.54) is 78.0 Å². The predicted molar refractivity (Wildman–Crippen MR) is 87.2 cm³/mol. The van der Waals surface area contributed by atoms with Gasteiger partial charge >= 0.3 is 0 Å². The van der Waals surface area contributed by atoms with Gasteiger partial charge in [-0.05, 0) is 58.2 Å². The molecule has 20 heavy (non-hydrogen) atoms. The van der Waals surface area contributed by atoms with E-state index in [0.717, 1.165) is 12.0 Å². The van der Waals surface area contributed by atoms with Crippen molar-refractivity contribution >= 4 is 0 Å². The average molecular weight is 281 g/mol. The molecule has 0 aromatic heterocycles. The Morgan fingerprint density at radius 1 is 0.900 bits per heavy atom. The maximum Gasteiger partial charge on any atom is 0.0110 e. The fraction of sp³-hybridized carbons (Fsp3) is 1.00. The third-order valence-electron chi connectivity index (χ3n) is 5.38. The third-order valence-corrected chi connectivity index (χ3v) is 5.38. The minimum atomic E-state index is 0.786. The lowest BCUT2D eigenvalue weighted by Gasteiger charge is -2.40. The Morgan fingerprint density at radius 2 is 1.50 bits per heavy atom. The summed E-state index contributed by atoms with van der Waals surface area (Å²) in [5, 5.41) is 0. The van der Waals surface area contributed by atoms with Crippen LogP contribution in [-0.4, -0.2) is 73.1 Å². The van der Waals surface area contributed by atoms with Crippen LogP contribution < -0.4 is 0 Å². The van der Waals surface area contributed by atoms with Crippen LogP contribution in [-0.2, 0) is 0 Å². The molecule has 0 aliphatic carbocycles. The van der Waals surface area contributed by atoms with Crippen molar-refractivity contribution in [2.45, 2.75) is 52.5 Å². The lowest BCUT2D eigenvalue weighted by atomic mass is 9.94. The van der Waals surface area contributed by atoms with Gasteiger partial charge in [-0.1, -0.05) is 13.8 Å². The van der Waals surface area contributed by atoms with Crippen LogP contribution in [0.15, 0.2) is 0 Å². The van der Waals surface area contributed by atoms with Crippen molar-refractivity contribution < 1.29 is 0 Å². The molecular formula is C17H35N3. The third kappa shape index (κ3) is 4.71. The molecule has 2 aliphatic rings. The highest BCUT2D eigenvalue weighted by atomic mass is 15.3. The van der Waals surface area contributed by atoms with Crippen molar-refractivity contribution in [1.29, 1.82) is 0 Å². The molecular weight excluding hydrogens is 246 g/mol. The highest BCUT2D eigenvalue weighted by Gasteiger charge is 2.25. The zero-order valence-electron chi connectivity index (χ0n) is 14.0. The number of hydrogen-bond acceptors (Lipinski definition) is 3. The molecule has 2 heterocycles. The van der Waals surface area contributed by atoms with E-state index in [0.29, 0.717) is 0 Å². The Bertz CT molecular complexity index is 253. The Hall–Kier alpha value is -0.120. The summed E-state index contributed by atoms with van der Waals surface area (Å²) >= 11 is 0. The van der Waals surface area contributed by atoms with Gasteiger partial charge in [-0.3, -0.25) is 0 Å². The summed E-state index contributed by atoms with van der Waals surface area (Å²) in [6.45, 7) is 17.5. The molecule has 3 heteroatoms. The molecule has 0 radical (unpaired) electrons. The van der Waals surface area contributed by atoms with Crippen LogP contribution in [0.1, 0.15) is 46.5 Å². The molecule has 2 saturated heterocycles. The second-order valence-corrected chi connectivity index (χ2v) is 6.88. The van der Waals surface area contributed by atoms with Crippen LogP contribution in [0.3, 0.4) is 0 Å². The van der Waals surface area contributed by atoms with Crippen LogP contribution in [0.4, 0.5) is 0 Å². The SMILES string of the molecule is CCCN1CCN(CC2CCN(C(C)CC)CC2)CC1. The van der Waals surface area contributed by atoms with Gasteiger partial charge in [-0.2, -0.15) is 0 Å². The fourth-order valence-electron chi connectivity index (χ4n) is 3.71. The summed E-state index contributed by atoms with van der Waals surface area (Å²) in [6.07, 6.45) is 5.43. The van der Waals surface area contributed by atoms with Crippen LogP contribution in [0, 0.1) is 5.92 Å². The highest BCUT2D eigenvalue weighted by Crippen LogP contribution is 2.21. The second kappa shape index (κ2) is 8.35. The van der Waals surface area contributed by atoms with Crippen molar-refractivity contribution in [3.05, 3.63) is 0 Å². The first-order valence-electron chi connectivity index (χ1n) is 8.91. The van der Waals surface area contributed by atoms with Gasteiger partial charge in [0, 0.05) is 38.8 Å². The molecule has 2 rings (SSSR count). The van der Waals surface area contributed by atoms with E-state index in [1.54, 1.807) is 0 Å². The molecule has 0 aromatic carbocycles. The predicted octanol–water partition coefficient (Wildman–Crippen LogP) is 2.52. The molecule has 2 aliphatic heterocycles. The smallest absolute Gasteiger partial charge is 0.0110 e. The van der Waals surface area contributed by atoms with E-state index in [9.17, 15) is 0 Å². The van der Waals surface area contributed by atoms with Crippen molar-refractivity contribution in [3.8, 4) is 0 Å². The number of piperidine rings is 1. The Balaban J connectivity index is 1.64. The molecule has 2 fully saturated rings. The van der Waals surface area contributed by atoms with Gasteiger partial charge in [0.2, 0.25) is 0 Å². The number of nitrogens with zero attached hydrogens (tertiary/aromatic N) is 3. The Kier molecular flexibility index (Phi) is 6.79. The summed E-state index contributed by atoms with van der Waals surface area (Å²) in [6, 6.07) is 0.786. The van der Waals surface area contributed by atoms with Crippen molar-refractivity contribution in [2.24, 2.45) is 5.92 Å². The van der Waals surface area contributed by atoms with Crippen LogP contribution in [0.2, 0.25) is 0 Å². The number of piperazine rings is 1.